The molecule has 0 aliphatic rings. The van der Waals surface area contributed by atoms with Crippen LogP contribution in [-0.2, 0) is 13.0 Å². The standard InChI is InChI=1S/C20H25F2N3O2.HI/c1-14-4-9-18(27-19(21)22)16(12-14)13-25-20(23-2)24-11-10-15-5-7-17(26-3)8-6-15;/h4-9,12,19H,10-11,13H2,1-3H3,(H2,23,24,25);1H. The van der Waals surface area contributed by atoms with E-state index in [4.69, 9.17) is 4.74 Å². The molecule has 0 aromatic heterocycles. The van der Waals surface area contributed by atoms with Gasteiger partial charge in [-0.05, 0) is 37.1 Å². The zero-order valence-corrected chi connectivity index (χ0v) is 18.5. The lowest BCUT2D eigenvalue weighted by Crippen LogP contribution is -2.38. The minimum absolute atomic E-state index is 0. The highest BCUT2D eigenvalue weighted by atomic mass is 127. The van der Waals surface area contributed by atoms with Gasteiger partial charge in [0.25, 0.3) is 0 Å². The lowest BCUT2D eigenvalue weighted by atomic mass is 10.1. The van der Waals surface area contributed by atoms with Crippen molar-refractivity contribution < 1.29 is 18.3 Å². The summed E-state index contributed by atoms with van der Waals surface area (Å²) in [6, 6.07) is 13.0. The zero-order valence-electron chi connectivity index (χ0n) is 16.2. The molecule has 28 heavy (non-hydrogen) atoms. The third-order valence-electron chi connectivity index (χ3n) is 3.97. The van der Waals surface area contributed by atoms with Gasteiger partial charge in [-0.2, -0.15) is 8.78 Å². The van der Waals surface area contributed by atoms with E-state index in [-0.39, 0.29) is 29.7 Å². The molecule has 0 saturated heterocycles. The van der Waals surface area contributed by atoms with Crippen LogP contribution in [0.3, 0.4) is 0 Å². The van der Waals surface area contributed by atoms with Crippen molar-refractivity contribution >= 4 is 29.9 Å². The molecule has 0 bridgehead atoms. The van der Waals surface area contributed by atoms with Gasteiger partial charge in [0.1, 0.15) is 11.5 Å². The van der Waals surface area contributed by atoms with Crippen molar-refractivity contribution in [3.05, 3.63) is 59.2 Å². The Bertz CT molecular complexity index is 756. The van der Waals surface area contributed by atoms with Gasteiger partial charge in [-0.15, -0.1) is 24.0 Å². The van der Waals surface area contributed by atoms with E-state index in [1.54, 1.807) is 26.3 Å². The monoisotopic (exact) mass is 505 g/mol. The van der Waals surface area contributed by atoms with Gasteiger partial charge in [-0.3, -0.25) is 4.99 Å². The van der Waals surface area contributed by atoms with E-state index in [9.17, 15) is 8.78 Å². The minimum Gasteiger partial charge on any atom is -0.497 e. The van der Waals surface area contributed by atoms with Crippen LogP contribution in [0.15, 0.2) is 47.5 Å². The fraction of sp³-hybridized carbons (Fsp3) is 0.350. The molecule has 0 aliphatic carbocycles. The number of rotatable bonds is 8. The van der Waals surface area contributed by atoms with E-state index in [2.05, 4.69) is 20.4 Å². The number of aliphatic imine (C=N–C) groups is 1. The smallest absolute Gasteiger partial charge is 0.387 e. The number of alkyl halides is 2. The minimum atomic E-state index is -2.85. The first-order valence-corrected chi connectivity index (χ1v) is 8.63. The molecule has 0 aliphatic heterocycles. The summed E-state index contributed by atoms with van der Waals surface area (Å²) in [5.74, 6) is 1.58. The molecular weight excluding hydrogens is 479 g/mol. The molecular formula is C20H26F2IN3O2. The number of halogens is 3. The van der Waals surface area contributed by atoms with Crippen molar-refractivity contribution in [1.82, 2.24) is 10.6 Å². The Morgan fingerprint density at radius 2 is 1.82 bits per heavy atom. The summed E-state index contributed by atoms with van der Waals surface area (Å²) in [5.41, 5.74) is 2.79. The van der Waals surface area contributed by atoms with Crippen molar-refractivity contribution in [2.45, 2.75) is 26.5 Å². The maximum Gasteiger partial charge on any atom is 0.387 e. The maximum absolute atomic E-state index is 12.6. The molecule has 0 heterocycles. The number of guanidine groups is 1. The molecule has 0 atom stereocenters. The van der Waals surface area contributed by atoms with E-state index < -0.39 is 6.61 Å². The second-order valence-electron chi connectivity index (χ2n) is 5.94. The number of ether oxygens (including phenoxy) is 2. The van der Waals surface area contributed by atoms with E-state index in [0.29, 0.717) is 24.6 Å². The maximum atomic E-state index is 12.6. The van der Waals surface area contributed by atoms with Crippen LogP contribution in [0.4, 0.5) is 8.78 Å². The SMILES string of the molecule is CN=C(NCCc1ccc(OC)cc1)NCc1cc(C)ccc1OC(F)F.I. The molecule has 2 rings (SSSR count). The average Bonchev–Trinajstić information content (AvgIpc) is 2.66. The van der Waals surface area contributed by atoms with Crippen molar-refractivity contribution in [3.8, 4) is 11.5 Å². The normalized spacial score (nSPS) is 11.0. The molecule has 0 radical (unpaired) electrons. The van der Waals surface area contributed by atoms with Gasteiger partial charge in [0.2, 0.25) is 0 Å². The Kier molecular flexibility index (Phi) is 10.6. The zero-order chi connectivity index (χ0) is 19.6. The molecule has 0 unspecified atom stereocenters. The van der Waals surface area contributed by atoms with Crippen LogP contribution < -0.4 is 20.1 Å². The molecule has 0 fully saturated rings. The van der Waals surface area contributed by atoms with Gasteiger partial charge in [-0.25, -0.2) is 0 Å². The largest absolute Gasteiger partial charge is 0.497 e. The fourth-order valence-electron chi connectivity index (χ4n) is 2.57. The lowest BCUT2D eigenvalue weighted by molar-refractivity contribution is -0.0504. The summed E-state index contributed by atoms with van der Waals surface area (Å²) < 4.78 is 34.8. The summed E-state index contributed by atoms with van der Waals surface area (Å²) in [7, 11) is 3.30. The van der Waals surface area contributed by atoms with Crippen molar-refractivity contribution in [3.63, 3.8) is 0 Å². The Hall–Kier alpha value is -2.10. The van der Waals surface area contributed by atoms with E-state index in [0.717, 1.165) is 17.7 Å². The molecule has 2 aromatic rings. The third kappa shape index (κ3) is 7.87. The number of aryl methyl sites for hydroxylation is 1. The predicted octanol–water partition coefficient (Wildman–Crippen LogP) is 4.13. The van der Waals surface area contributed by atoms with Gasteiger partial charge in [0.05, 0.1) is 7.11 Å². The van der Waals surface area contributed by atoms with Crippen LogP contribution in [0.1, 0.15) is 16.7 Å². The first-order valence-electron chi connectivity index (χ1n) is 8.63. The second-order valence-corrected chi connectivity index (χ2v) is 5.94. The Morgan fingerprint density at radius 1 is 1.11 bits per heavy atom. The molecule has 2 aromatic carbocycles. The predicted molar refractivity (Wildman–Crippen MR) is 118 cm³/mol. The van der Waals surface area contributed by atoms with Gasteiger partial charge in [0.15, 0.2) is 5.96 Å². The number of nitrogens with zero attached hydrogens (tertiary/aromatic N) is 1. The summed E-state index contributed by atoms with van der Waals surface area (Å²) >= 11 is 0. The van der Waals surface area contributed by atoms with Crippen LogP contribution in [0, 0.1) is 6.92 Å². The van der Waals surface area contributed by atoms with Gasteiger partial charge >= 0.3 is 6.61 Å². The summed E-state index contributed by atoms with van der Waals surface area (Å²) in [6.07, 6.45) is 0.814. The lowest BCUT2D eigenvalue weighted by Gasteiger charge is -2.15. The summed E-state index contributed by atoms with van der Waals surface area (Å²) in [5, 5.41) is 6.34. The number of hydrogen-bond donors (Lipinski definition) is 2. The van der Waals surface area contributed by atoms with E-state index >= 15 is 0 Å². The number of nitrogens with one attached hydrogen (secondary N) is 2. The summed E-state index contributed by atoms with van der Waals surface area (Å²) in [4.78, 5) is 4.16. The molecule has 0 spiro atoms. The first kappa shape index (κ1) is 23.9. The Labute approximate surface area is 181 Å². The number of hydrogen-bond acceptors (Lipinski definition) is 3. The highest BCUT2D eigenvalue weighted by molar-refractivity contribution is 14.0. The van der Waals surface area contributed by atoms with Gasteiger partial charge < -0.3 is 20.1 Å². The molecule has 8 heteroatoms. The quantitative estimate of drug-likeness (QED) is 0.322. The van der Waals surface area contributed by atoms with E-state index in [1.165, 1.54) is 5.56 Å². The van der Waals surface area contributed by atoms with Crippen LogP contribution in [0.5, 0.6) is 11.5 Å². The average molecular weight is 505 g/mol. The molecule has 0 saturated carbocycles. The molecule has 154 valence electrons. The Balaban J connectivity index is 0.00000392. The second kappa shape index (κ2) is 12.4. The molecule has 0 amide bonds. The Morgan fingerprint density at radius 3 is 2.43 bits per heavy atom. The molecule has 5 nitrogen and oxygen atoms in total. The number of methoxy groups -OCH3 is 1. The third-order valence-corrected chi connectivity index (χ3v) is 3.97. The van der Waals surface area contributed by atoms with Crippen LogP contribution in [0.2, 0.25) is 0 Å². The number of benzene rings is 2. The molecule has 2 N–H and O–H groups in total. The van der Waals surface area contributed by atoms with Crippen LogP contribution >= 0.6 is 24.0 Å². The van der Waals surface area contributed by atoms with Crippen LogP contribution in [0.25, 0.3) is 0 Å². The van der Waals surface area contributed by atoms with Crippen molar-refractivity contribution in [2.24, 2.45) is 4.99 Å². The fourth-order valence-corrected chi connectivity index (χ4v) is 2.57. The van der Waals surface area contributed by atoms with Gasteiger partial charge in [-0.1, -0.05) is 29.8 Å². The topological polar surface area (TPSA) is 54.9 Å². The van der Waals surface area contributed by atoms with Crippen molar-refractivity contribution in [2.75, 3.05) is 20.7 Å². The highest BCUT2D eigenvalue weighted by Gasteiger charge is 2.10. The summed E-state index contributed by atoms with van der Waals surface area (Å²) in [6.45, 7) is 0.0531. The van der Waals surface area contributed by atoms with Crippen molar-refractivity contribution in [1.29, 1.82) is 0 Å². The first-order chi connectivity index (χ1) is 13.0. The van der Waals surface area contributed by atoms with Gasteiger partial charge in [0, 0.05) is 25.7 Å². The van der Waals surface area contributed by atoms with E-state index in [1.807, 2.05) is 37.3 Å². The highest BCUT2D eigenvalue weighted by Crippen LogP contribution is 2.22. The van der Waals surface area contributed by atoms with Crippen LogP contribution in [-0.4, -0.2) is 33.3 Å².